The molecule has 15 heavy (non-hydrogen) atoms. The Morgan fingerprint density at radius 1 is 1.53 bits per heavy atom. The Hall–Kier alpha value is -1.72. The van der Waals surface area contributed by atoms with Crippen LogP contribution in [0.2, 0.25) is 0 Å². The number of nitrogen functional groups attached to an aromatic ring is 1. The minimum Gasteiger partial charge on any atom is -0.383 e. The van der Waals surface area contributed by atoms with Crippen LogP contribution in [-0.2, 0) is 7.05 Å². The Balaban J connectivity index is 3.24. The molecule has 0 fully saturated rings. The monoisotopic (exact) mass is 212 g/mol. The largest absolute Gasteiger partial charge is 0.383 e. The zero-order chi connectivity index (χ0) is 11.6. The van der Waals surface area contributed by atoms with E-state index in [2.05, 4.69) is 10.3 Å². The van der Waals surface area contributed by atoms with Crippen molar-refractivity contribution in [1.82, 2.24) is 9.55 Å². The molecule has 84 valence electrons. The standard InChI is InChI=1S/C9H16N4O2/c1-4-5(2)11-6-7(10)13(3)9(15)12-8(6)14/h5,11H,4,10H2,1-3H3,(H,12,14,15). The number of nitrogens with two attached hydrogens (primary N) is 1. The quantitative estimate of drug-likeness (QED) is 0.650. The summed E-state index contributed by atoms with van der Waals surface area (Å²) in [5.74, 6) is 0.157. The first-order valence-corrected chi connectivity index (χ1v) is 4.82. The molecule has 0 amide bonds. The normalized spacial score (nSPS) is 12.5. The third kappa shape index (κ3) is 2.20. The van der Waals surface area contributed by atoms with Gasteiger partial charge in [-0.25, -0.2) is 4.79 Å². The van der Waals surface area contributed by atoms with Gasteiger partial charge >= 0.3 is 5.69 Å². The lowest BCUT2D eigenvalue weighted by atomic mass is 10.2. The summed E-state index contributed by atoms with van der Waals surface area (Å²) in [4.78, 5) is 24.8. The molecular formula is C9H16N4O2. The zero-order valence-corrected chi connectivity index (χ0v) is 9.13. The van der Waals surface area contributed by atoms with Crippen LogP contribution in [0.25, 0.3) is 0 Å². The van der Waals surface area contributed by atoms with Gasteiger partial charge in [0.15, 0.2) is 0 Å². The third-order valence-electron chi connectivity index (χ3n) is 2.37. The maximum Gasteiger partial charge on any atom is 0.329 e. The van der Waals surface area contributed by atoms with Crippen LogP contribution in [-0.4, -0.2) is 15.6 Å². The molecule has 1 rings (SSSR count). The molecule has 0 spiro atoms. The maximum atomic E-state index is 11.5. The van der Waals surface area contributed by atoms with E-state index < -0.39 is 11.2 Å². The van der Waals surface area contributed by atoms with Crippen LogP contribution in [0, 0.1) is 0 Å². The minimum atomic E-state index is -0.507. The van der Waals surface area contributed by atoms with Gasteiger partial charge in [0.25, 0.3) is 5.56 Å². The van der Waals surface area contributed by atoms with Crippen LogP contribution in [0.15, 0.2) is 9.59 Å². The molecule has 4 N–H and O–H groups in total. The van der Waals surface area contributed by atoms with Gasteiger partial charge in [0.2, 0.25) is 0 Å². The summed E-state index contributed by atoms with van der Waals surface area (Å²) in [6.07, 6.45) is 0.863. The van der Waals surface area contributed by atoms with Crippen LogP contribution in [0.3, 0.4) is 0 Å². The average molecular weight is 212 g/mol. The van der Waals surface area contributed by atoms with Crippen molar-refractivity contribution in [2.45, 2.75) is 26.3 Å². The van der Waals surface area contributed by atoms with E-state index in [0.29, 0.717) is 0 Å². The molecule has 0 saturated heterocycles. The van der Waals surface area contributed by atoms with Crippen LogP contribution < -0.4 is 22.3 Å². The van der Waals surface area contributed by atoms with Crippen LogP contribution in [0.5, 0.6) is 0 Å². The summed E-state index contributed by atoms with van der Waals surface area (Å²) in [5, 5.41) is 2.97. The fraction of sp³-hybridized carbons (Fsp3) is 0.556. The second-order valence-electron chi connectivity index (χ2n) is 3.53. The number of aromatic amines is 1. The molecule has 1 unspecified atom stereocenters. The highest BCUT2D eigenvalue weighted by Crippen LogP contribution is 2.10. The average Bonchev–Trinajstić information content (AvgIpc) is 2.21. The van der Waals surface area contributed by atoms with Gasteiger partial charge in [0.05, 0.1) is 0 Å². The van der Waals surface area contributed by atoms with Gasteiger partial charge in [0.1, 0.15) is 11.5 Å². The predicted octanol–water partition coefficient (Wildman–Crippen LogP) is -0.134. The molecule has 1 heterocycles. The van der Waals surface area contributed by atoms with Gasteiger partial charge in [-0.3, -0.25) is 14.3 Å². The highest BCUT2D eigenvalue weighted by Gasteiger charge is 2.11. The minimum absolute atomic E-state index is 0.130. The molecule has 0 saturated carbocycles. The Bertz CT molecular complexity index is 460. The van der Waals surface area contributed by atoms with Gasteiger partial charge in [-0.2, -0.15) is 0 Å². The van der Waals surface area contributed by atoms with E-state index in [1.165, 1.54) is 11.6 Å². The molecule has 0 aromatic carbocycles. The molecule has 0 aliphatic heterocycles. The van der Waals surface area contributed by atoms with Crippen molar-refractivity contribution in [1.29, 1.82) is 0 Å². The molecule has 0 radical (unpaired) electrons. The summed E-state index contributed by atoms with van der Waals surface area (Å²) >= 11 is 0. The summed E-state index contributed by atoms with van der Waals surface area (Å²) < 4.78 is 1.20. The van der Waals surface area contributed by atoms with Crippen LogP contribution in [0.4, 0.5) is 11.5 Å². The van der Waals surface area contributed by atoms with E-state index in [4.69, 9.17) is 5.73 Å². The number of anilines is 2. The lowest BCUT2D eigenvalue weighted by molar-refractivity contribution is 0.750. The number of nitrogens with zero attached hydrogens (tertiary/aromatic N) is 1. The SMILES string of the molecule is CCC(C)Nc1c(N)n(C)c(=O)[nH]c1=O. The molecule has 1 aromatic rings. The van der Waals surface area contributed by atoms with Gasteiger partial charge < -0.3 is 11.1 Å². The van der Waals surface area contributed by atoms with E-state index in [9.17, 15) is 9.59 Å². The lowest BCUT2D eigenvalue weighted by Gasteiger charge is -2.15. The third-order valence-corrected chi connectivity index (χ3v) is 2.37. The van der Waals surface area contributed by atoms with E-state index >= 15 is 0 Å². The first-order valence-electron chi connectivity index (χ1n) is 4.82. The zero-order valence-electron chi connectivity index (χ0n) is 9.13. The molecule has 1 aromatic heterocycles. The predicted molar refractivity (Wildman–Crippen MR) is 60.1 cm³/mol. The number of aromatic nitrogens is 2. The van der Waals surface area contributed by atoms with Crippen molar-refractivity contribution in [2.24, 2.45) is 7.05 Å². The van der Waals surface area contributed by atoms with Crippen molar-refractivity contribution >= 4 is 11.5 Å². The first kappa shape index (κ1) is 11.4. The Kier molecular flexibility index (Phi) is 3.18. The van der Waals surface area contributed by atoms with Crippen molar-refractivity contribution < 1.29 is 0 Å². The maximum absolute atomic E-state index is 11.5. The fourth-order valence-corrected chi connectivity index (χ4v) is 1.12. The number of H-pyrrole nitrogens is 1. The number of hydrogen-bond donors (Lipinski definition) is 3. The number of rotatable bonds is 3. The molecule has 6 heteroatoms. The summed E-state index contributed by atoms with van der Waals surface area (Å²) in [7, 11) is 1.51. The number of hydrogen-bond acceptors (Lipinski definition) is 4. The Morgan fingerprint density at radius 2 is 2.13 bits per heavy atom. The van der Waals surface area contributed by atoms with Crippen molar-refractivity contribution in [3.8, 4) is 0 Å². The van der Waals surface area contributed by atoms with Gasteiger partial charge in [-0.05, 0) is 13.3 Å². The molecular weight excluding hydrogens is 196 g/mol. The van der Waals surface area contributed by atoms with Crippen molar-refractivity contribution in [3.05, 3.63) is 20.8 Å². The van der Waals surface area contributed by atoms with Crippen molar-refractivity contribution in [2.75, 3.05) is 11.1 Å². The van der Waals surface area contributed by atoms with Crippen LogP contribution >= 0.6 is 0 Å². The van der Waals surface area contributed by atoms with E-state index in [-0.39, 0.29) is 17.5 Å². The Morgan fingerprint density at radius 3 is 2.67 bits per heavy atom. The van der Waals surface area contributed by atoms with Gasteiger partial charge in [0, 0.05) is 13.1 Å². The highest BCUT2D eigenvalue weighted by molar-refractivity contribution is 5.60. The Labute approximate surface area is 87.1 Å². The number of nitrogens with one attached hydrogen (secondary N) is 2. The smallest absolute Gasteiger partial charge is 0.329 e. The van der Waals surface area contributed by atoms with Gasteiger partial charge in [-0.1, -0.05) is 6.92 Å². The fourth-order valence-electron chi connectivity index (χ4n) is 1.12. The van der Waals surface area contributed by atoms with Gasteiger partial charge in [-0.15, -0.1) is 0 Å². The molecule has 1 atom stereocenters. The van der Waals surface area contributed by atoms with Crippen molar-refractivity contribution in [3.63, 3.8) is 0 Å². The molecule has 6 nitrogen and oxygen atoms in total. The molecule has 0 aliphatic carbocycles. The summed E-state index contributed by atoms with van der Waals surface area (Å²) in [6, 6.07) is 0.130. The van der Waals surface area contributed by atoms with Crippen LogP contribution in [0.1, 0.15) is 20.3 Å². The lowest BCUT2D eigenvalue weighted by Crippen LogP contribution is -2.34. The van der Waals surface area contributed by atoms with E-state index in [1.807, 2.05) is 13.8 Å². The first-order chi connectivity index (χ1) is 6.97. The van der Waals surface area contributed by atoms with E-state index in [0.717, 1.165) is 6.42 Å². The second-order valence-corrected chi connectivity index (χ2v) is 3.53. The van der Waals surface area contributed by atoms with E-state index in [1.54, 1.807) is 0 Å². The molecule has 0 aliphatic rings. The highest BCUT2D eigenvalue weighted by atomic mass is 16.2. The second kappa shape index (κ2) is 4.20. The summed E-state index contributed by atoms with van der Waals surface area (Å²) in [5.41, 5.74) is 4.94. The molecule has 0 bridgehead atoms. The summed E-state index contributed by atoms with van der Waals surface area (Å²) in [6.45, 7) is 3.92. The topological polar surface area (TPSA) is 92.9 Å².